The maximum absolute atomic E-state index is 6.61. The predicted octanol–water partition coefficient (Wildman–Crippen LogP) is 11.4. The number of allylic oxidation sites excluding steroid dienone is 2. The monoisotopic (exact) mass is 632 g/mol. The molecule has 3 aromatic heterocycles. The molecule has 47 heavy (non-hydrogen) atoms. The summed E-state index contributed by atoms with van der Waals surface area (Å²) in [5, 5.41) is 6.55. The number of aromatic nitrogens is 2. The first-order valence-electron chi connectivity index (χ1n) is 16.0. The van der Waals surface area contributed by atoms with Gasteiger partial charge in [-0.1, -0.05) is 98.8 Å². The van der Waals surface area contributed by atoms with Crippen molar-refractivity contribution in [1.29, 1.82) is 0 Å². The second-order valence-electron chi connectivity index (χ2n) is 10.6. The summed E-state index contributed by atoms with van der Waals surface area (Å²) in [6, 6.07) is 45.6. The zero-order chi connectivity index (χ0) is 32.6. The van der Waals surface area contributed by atoms with Gasteiger partial charge < -0.3 is 8.94 Å². The van der Waals surface area contributed by atoms with Crippen LogP contribution in [0.3, 0.4) is 0 Å². The molecule has 0 aliphatic rings. The van der Waals surface area contributed by atoms with Gasteiger partial charge in [0, 0.05) is 43.9 Å². The summed E-state index contributed by atoms with van der Waals surface area (Å²) in [6.07, 6.45) is 5.82. The lowest BCUT2D eigenvalue weighted by Gasteiger charge is -2.19. The fourth-order valence-corrected chi connectivity index (χ4v) is 7.08. The van der Waals surface area contributed by atoms with E-state index in [0.29, 0.717) is 0 Å². The van der Waals surface area contributed by atoms with E-state index in [2.05, 4.69) is 89.9 Å². The molecule has 0 amide bonds. The molecule has 0 bridgehead atoms. The molecule has 0 aliphatic carbocycles. The van der Waals surface area contributed by atoms with Gasteiger partial charge in [-0.3, -0.25) is 4.98 Å². The van der Waals surface area contributed by atoms with E-state index >= 15 is 0 Å². The lowest BCUT2D eigenvalue weighted by molar-refractivity contribution is 0.630. The normalized spacial score (nSPS) is 11.7. The minimum atomic E-state index is -1.09. The van der Waals surface area contributed by atoms with E-state index in [1.54, 1.807) is 0 Å². The molecule has 1 atom stereocenters. The number of hydrogen-bond donors (Lipinski definition) is 0. The number of nitrogens with zero attached hydrogens (tertiary/aromatic N) is 2. The Morgan fingerprint density at radius 3 is 1.96 bits per heavy atom. The molecule has 8 rings (SSSR count). The quantitative estimate of drug-likeness (QED) is 0.108. The lowest BCUT2D eigenvalue weighted by Crippen LogP contribution is -2.15. The van der Waals surface area contributed by atoms with Crippen LogP contribution in [0.25, 0.3) is 55.0 Å². The Morgan fingerprint density at radius 1 is 0.596 bits per heavy atom. The maximum Gasteiger partial charge on any atom is 0.150 e. The van der Waals surface area contributed by atoms with Gasteiger partial charge in [-0.15, -0.1) is 0 Å². The van der Waals surface area contributed by atoms with Gasteiger partial charge in [0.15, 0.2) is 8.15 Å². The predicted molar refractivity (Wildman–Crippen MR) is 201 cm³/mol. The van der Waals surface area contributed by atoms with Crippen LogP contribution in [-0.4, -0.2) is 9.97 Å². The summed E-state index contributed by atoms with van der Waals surface area (Å²) in [5.41, 5.74) is 5.46. The van der Waals surface area contributed by atoms with E-state index in [4.69, 9.17) is 13.9 Å². The topological polar surface area (TPSA) is 48.2 Å². The molecule has 0 saturated carbocycles. The van der Waals surface area contributed by atoms with E-state index in [-0.39, 0.29) is 0 Å². The lowest BCUT2D eigenvalue weighted by atomic mass is 10.0. The largest absolute Gasteiger partial charge is 0.464 e. The van der Waals surface area contributed by atoms with E-state index < -0.39 is 8.15 Å². The molecular formula is C42H37N2O2P. The van der Waals surface area contributed by atoms with Crippen molar-refractivity contribution in [1.82, 2.24) is 9.97 Å². The third-order valence-corrected chi connectivity index (χ3v) is 9.59. The first-order chi connectivity index (χ1) is 23.2. The van der Waals surface area contributed by atoms with Gasteiger partial charge in [0.25, 0.3) is 0 Å². The highest BCUT2D eigenvalue weighted by atomic mass is 31.1. The van der Waals surface area contributed by atoms with Crippen LogP contribution in [0, 0.1) is 0 Å². The third kappa shape index (κ3) is 6.79. The number of fused-ring (bicyclic) bond motifs is 6. The smallest absolute Gasteiger partial charge is 0.150 e. The molecule has 5 heteroatoms. The fraction of sp³-hybridized carbons (Fsp3) is 0.0952. The molecule has 8 aromatic rings. The summed E-state index contributed by atoms with van der Waals surface area (Å²) < 4.78 is 12.9. The summed E-state index contributed by atoms with van der Waals surface area (Å²) in [4.78, 5) is 9.69. The number of rotatable bonds is 5. The molecule has 0 radical (unpaired) electrons. The van der Waals surface area contributed by atoms with Crippen molar-refractivity contribution in [3.8, 4) is 17.0 Å². The molecule has 232 valence electrons. The van der Waals surface area contributed by atoms with Gasteiger partial charge in [0.1, 0.15) is 16.9 Å². The molecule has 3 heterocycles. The Morgan fingerprint density at radius 2 is 1.23 bits per heavy atom. The Balaban J connectivity index is 0.000000601. The van der Waals surface area contributed by atoms with Crippen molar-refractivity contribution >= 4 is 62.5 Å². The summed E-state index contributed by atoms with van der Waals surface area (Å²) in [6.45, 7) is 8.00. The SMILES string of the molecule is C/C=C\C.CC.c1ccc(OP(c2ccccc2)c2ccc3oc4ccc(-c5ccc6ccc7cccnc7c6n5)cc4c3c2)cc1. The van der Waals surface area contributed by atoms with Crippen molar-refractivity contribution in [2.24, 2.45) is 0 Å². The van der Waals surface area contributed by atoms with Gasteiger partial charge in [-0.25, -0.2) is 4.98 Å². The highest BCUT2D eigenvalue weighted by molar-refractivity contribution is 7.68. The Kier molecular flexibility index (Phi) is 10.0. The van der Waals surface area contributed by atoms with Crippen LogP contribution in [0.2, 0.25) is 0 Å². The Bertz CT molecular complexity index is 2270. The standard InChI is InChI=1S/C36H23N2O2P.C4H8.C2H6/c1-3-9-27(10-4-1)40-41(28-11-5-2-6-12-28)29-17-20-34-31(23-29)30-22-26(16-19-33(30)39-34)32-18-15-25-14-13-24-8-7-21-37-35(24)36(25)38-32;1-3-4-2;1-2/h1-23H;3-4H,1-2H3;1-2H3/b;4-3-;. The van der Waals surface area contributed by atoms with E-state index in [1.165, 1.54) is 0 Å². The molecule has 0 aliphatic heterocycles. The Hall–Kier alpha value is -5.31. The van der Waals surface area contributed by atoms with E-state index in [0.717, 1.165) is 71.4 Å². The zero-order valence-corrected chi connectivity index (χ0v) is 28.0. The average Bonchev–Trinajstić information content (AvgIpc) is 3.52. The third-order valence-electron chi connectivity index (χ3n) is 7.68. The molecule has 0 N–H and O–H groups in total. The average molecular weight is 633 g/mol. The van der Waals surface area contributed by atoms with Crippen LogP contribution in [-0.2, 0) is 0 Å². The molecule has 0 spiro atoms. The van der Waals surface area contributed by atoms with Gasteiger partial charge >= 0.3 is 0 Å². The number of para-hydroxylation sites is 1. The molecule has 1 unspecified atom stereocenters. The summed E-state index contributed by atoms with van der Waals surface area (Å²) >= 11 is 0. The van der Waals surface area contributed by atoms with Crippen LogP contribution < -0.4 is 15.1 Å². The Labute approximate surface area is 277 Å². The second-order valence-corrected chi connectivity index (χ2v) is 12.4. The van der Waals surface area contributed by atoms with Crippen LogP contribution in [0.1, 0.15) is 27.7 Å². The maximum atomic E-state index is 6.61. The molecule has 5 aromatic carbocycles. The number of benzene rings is 5. The molecule has 0 fully saturated rings. The minimum Gasteiger partial charge on any atom is -0.464 e. The van der Waals surface area contributed by atoms with Crippen molar-refractivity contribution in [3.63, 3.8) is 0 Å². The van der Waals surface area contributed by atoms with Gasteiger partial charge in [-0.2, -0.15) is 0 Å². The van der Waals surface area contributed by atoms with E-state index in [1.807, 2.05) is 94.6 Å². The number of furan rings is 1. The van der Waals surface area contributed by atoms with Crippen molar-refractivity contribution < 1.29 is 8.94 Å². The van der Waals surface area contributed by atoms with Gasteiger partial charge in [0.2, 0.25) is 0 Å². The number of hydrogen-bond acceptors (Lipinski definition) is 4. The first kappa shape index (κ1) is 31.7. The van der Waals surface area contributed by atoms with E-state index in [9.17, 15) is 0 Å². The van der Waals surface area contributed by atoms with Crippen molar-refractivity contribution in [2.45, 2.75) is 27.7 Å². The van der Waals surface area contributed by atoms with Crippen LogP contribution in [0.5, 0.6) is 5.75 Å². The van der Waals surface area contributed by atoms with Crippen LogP contribution >= 0.6 is 8.15 Å². The molecule has 4 nitrogen and oxygen atoms in total. The van der Waals surface area contributed by atoms with Crippen molar-refractivity contribution in [3.05, 3.63) is 152 Å². The van der Waals surface area contributed by atoms with Crippen LogP contribution in [0.4, 0.5) is 0 Å². The minimum absolute atomic E-state index is 0.849. The fourth-order valence-electron chi connectivity index (χ4n) is 5.34. The van der Waals surface area contributed by atoms with Crippen molar-refractivity contribution in [2.75, 3.05) is 0 Å². The van der Waals surface area contributed by atoms with Crippen LogP contribution in [0.15, 0.2) is 156 Å². The first-order valence-corrected chi connectivity index (χ1v) is 17.2. The highest BCUT2D eigenvalue weighted by Gasteiger charge is 2.19. The number of pyridine rings is 2. The summed E-state index contributed by atoms with van der Waals surface area (Å²) in [5.74, 6) is 0.853. The molecular weight excluding hydrogens is 595 g/mol. The van der Waals surface area contributed by atoms with Gasteiger partial charge in [0.05, 0.1) is 16.7 Å². The second kappa shape index (κ2) is 14.9. The van der Waals surface area contributed by atoms with Gasteiger partial charge in [-0.05, 0) is 74.5 Å². The highest BCUT2D eigenvalue weighted by Crippen LogP contribution is 2.39. The summed E-state index contributed by atoms with van der Waals surface area (Å²) in [7, 11) is -1.09. The molecule has 0 saturated heterocycles. The zero-order valence-electron chi connectivity index (χ0n) is 27.1.